The van der Waals surface area contributed by atoms with Crippen molar-refractivity contribution >= 4 is 10.9 Å². The van der Waals surface area contributed by atoms with Crippen molar-refractivity contribution in [1.82, 2.24) is 9.47 Å². The third-order valence-corrected chi connectivity index (χ3v) is 7.53. The highest BCUT2D eigenvalue weighted by atomic mass is 16.5. The van der Waals surface area contributed by atoms with Gasteiger partial charge in [-0.2, -0.15) is 0 Å². The van der Waals surface area contributed by atoms with Crippen LogP contribution in [-0.4, -0.2) is 29.3 Å². The fourth-order valence-electron chi connectivity index (χ4n) is 5.49. The smallest absolute Gasteiger partial charge is 0.119 e. The molecule has 5 aromatic rings. The zero-order valence-corrected chi connectivity index (χ0v) is 21.9. The molecule has 38 heavy (non-hydrogen) atoms. The van der Waals surface area contributed by atoms with Crippen molar-refractivity contribution in [3.8, 4) is 17.0 Å². The second-order valence-corrected chi connectivity index (χ2v) is 10.1. The molecule has 1 aromatic heterocycles. The lowest BCUT2D eigenvalue weighted by Crippen LogP contribution is -2.30. The molecule has 192 valence electrons. The SMILES string of the molecule is COC1CCCN1Cc1ccc(Cn2c(-c3ccc(OCc4ccccc4)cc3)cc3ccccc32)cc1. The van der Waals surface area contributed by atoms with Crippen molar-refractivity contribution in [2.75, 3.05) is 13.7 Å². The van der Waals surface area contributed by atoms with Gasteiger partial charge in [-0.3, -0.25) is 4.90 Å². The fourth-order valence-corrected chi connectivity index (χ4v) is 5.49. The minimum absolute atomic E-state index is 0.249. The number of methoxy groups -OCH3 is 1. The lowest BCUT2D eigenvalue weighted by atomic mass is 10.1. The molecule has 0 bridgehead atoms. The number of benzene rings is 4. The van der Waals surface area contributed by atoms with E-state index in [1.807, 2.05) is 25.3 Å². The van der Waals surface area contributed by atoms with Crippen molar-refractivity contribution in [2.45, 2.75) is 38.8 Å². The van der Waals surface area contributed by atoms with Gasteiger partial charge in [0.1, 0.15) is 18.6 Å². The Morgan fingerprint density at radius 3 is 2.21 bits per heavy atom. The Hall–Kier alpha value is -3.86. The summed E-state index contributed by atoms with van der Waals surface area (Å²) < 4.78 is 14.1. The van der Waals surface area contributed by atoms with Gasteiger partial charge in [0.25, 0.3) is 0 Å². The van der Waals surface area contributed by atoms with Gasteiger partial charge in [0.05, 0.1) is 0 Å². The lowest BCUT2D eigenvalue weighted by molar-refractivity contribution is -0.00815. The summed E-state index contributed by atoms with van der Waals surface area (Å²) in [4.78, 5) is 2.43. The number of fused-ring (bicyclic) bond motifs is 1. The minimum atomic E-state index is 0.249. The largest absolute Gasteiger partial charge is 0.489 e. The molecular weight excluding hydrogens is 468 g/mol. The number of hydrogen-bond donors (Lipinski definition) is 0. The van der Waals surface area contributed by atoms with Crippen molar-refractivity contribution in [1.29, 1.82) is 0 Å². The molecule has 4 heteroatoms. The molecule has 1 unspecified atom stereocenters. The van der Waals surface area contributed by atoms with E-state index in [1.165, 1.54) is 45.3 Å². The number of nitrogens with zero attached hydrogens (tertiary/aromatic N) is 2. The molecular formula is C34H34N2O2. The van der Waals surface area contributed by atoms with Crippen molar-refractivity contribution in [3.05, 3.63) is 126 Å². The molecule has 1 atom stereocenters. The summed E-state index contributed by atoms with van der Waals surface area (Å²) in [5.41, 5.74) is 7.44. The van der Waals surface area contributed by atoms with Crippen LogP contribution in [0, 0.1) is 0 Å². The second kappa shape index (κ2) is 11.3. The minimum Gasteiger partial charge on any atom is -0.489 e. The van der Waals surface area contributed by atoms with E-state index in [-0.39, 0.29) is 6.23 Å². The Morgan fingerprint density at radius 1 is 0.737 bits per heavy atom. The number of aromatic nitrogens is 1. The first kappa shape index (κ1) is 24.5. The Kier molecular flexibility index (Phi) is 7.25. The summed E-state index contributed by atoms with van der Waals surface area (Å²) in [5, 5.41) is 1.25. The maximum atomic E-state index is 6.02. The van der Waals surface area contributed by atoms with Crippen molar-refractivity contribution < 1.29 is 9.47 Å². The quantitative estimate of drug-likeness (QED) is 0.209. The molecule has 6 rings (SSSR count). The second-order valence-electron chi connectivity index (χ2n) is 10.1. The summed E-state index contributed by atoms with van der Waals surface area (Å²) in [6.45, 7) is 3.43. The highest BCUT2D eigenvalue weighted by molar-refractivity contribution is 5.87. The monoisotopic (exact) mass is 502 g/mol. The van der Waals surface area contributed by atoms with Gasteiger partial charge in [-0.25, -0.2) is 0 Å². The molecule has 1 saturated heterocycles. The van der Waals surface area contributed by atoms with Gasteiger partial charge in [-0.15, -0.1) is 0 Å². The molecule has 2 heterocycles. The van der Waals surface area contributed by atoms with E-state index in [0.717, 1.165) is 31.8 Å². The first-order valence-corrected chi connectivity index (χ1v) is 13.5. The number of likely N-dealkylation sites (tertiary alicyclic amines) is 1. The van der Waals surface area contributed by atoms with Gasteiger partial charge in [0.2, 0.25) is 0 Å². The molecule has 1 aliphatic rings. The fraction of sp³-hybridized carbons (Fsp3) is 0.235. The molecule has 0 aliphatic carbocycles. The van der Waals surface area contributed by atoms with Crippen LogP contribution in [0.2, 0.25) is 0 Å². The Labute approximate surface area is 225 Å². The van der Waals surface area contributed by atoms with Gasteiger partial charge in [-0.1, -0.05) is 72.8 Å². The van der Waals surface area contributed by atoms with E-state index < -0.39 is 0 Å². The highest BCUT2D eigenvalue weighted by Crippen LogP contribution is 2.31. The van der Waals surface area contributed by atoms with Gasteiger partial charge >= 0.3 is 0 Å². The average molecular weight is 503 g/mol. The van der Waals surface area contributed by atoms with Crippen molar-refractivity contribution in [3.63, 3.8) is 0 Å². The average Bonchev–Trinajstić information content (AvgIpc) is 3.58. The summed E-state index contributed by atoms with van der Waals surface area (Å²) in [6.07, 6.45) is 2.58. The first-order valence-electron chi connectivity index (χ1n) is 13.5. The number of rotatable bonds is 9. The number of ether oxygens (including phenoxy) is 2. The Balaban J connectivity index is 1.21. The summed E-state index contributed by atoms with van der Waals surface area (Å²) in [5.74, 6) is 0.879. The molecule has 0 saturated carbocycles. The maximum Gasteiger partial charge on any atom is 0.119 e. The topological polar surface area (TPSA) is 26.6 Å². The van der Waals surface area contributed by atoms with E-state index >= 15 is 0 Å². The van der Waals surface area contributed by atoms with E-state index in [4.69, 9.17) is 9.47 Å². The molecule has 0 spiro atoms. The van der Waals surface area contributed by atoms with Crippen LogP contribution in [0.3, 0.4) is 0 Å². The normalized spacial score (nSPS) is 15.8. The van der Waals surface area contributed by atoms with Gasteiger partial charge in [0.15, 0.2) is 0 Å². The standard InChI is InChI=1S/C34H34N2O2/c1-37-34-12-7-21-35(34)23-26-13-15-27(16-14-26)24-36-32-11-6-5-10-30(32)22-33(36)29-17-19-31(20-18-29)38-25-28-8-3-2-4-9-28/h2-6,8-11,13-20,22,34H,7,12,21,23-25H2,1H3. The molecule has 4 nitrogen and oxygen atoms in total. The van der Waals surface area contributed by atoms with Gasteiger partial charge in [-0.05, 0) is 71.5 Å². The zero-order valence-electron chi connectivity index (χ0n) is 21.9. The first-order chi connectivity index (χ1) is 18.8. The van der Waals surface area contributed by atoms with Gasteiger partial charge in [0, 0.05) is 43.3 Å². The van der Waals surface area contributed by atoms with Crippen LogP contribution in [0.15, 0.2) is 109 Å². The van der Waals surface area contributed by atoms with Crippen LogP contribution < -0.4 is 4.74 Å². The predicted octanol–water partition coefficient (Wildman–Crippen LogP) is 7.50. The third kappa shape index (κ3) is 5.38. The maximum absolute atomic E-state index is 6.02. The third-order valence-electron chi connectivity index (χ3n) is 7.53. The van der Waals surface area contributed by atoms with E-state index in [1.54, 1.807) is 0 Å². The molecule has 0 amide bonds. The van der Waals surface area contributed by atoms with Gasteiger partial charge < -0.3 is 14.0 Å². The molecule has 0 radical (unpaired) electrons. The van der Waals surface area contributed by atoms with Crippen LogP contribution in [0.5, 0.6) is 5.75 Å². The summed E-state index contributed by atoms with van der Waals surface area (Å²) in [7, 11) is 1.82. The van der Waals surface area contributed by atoms with E-state index in [2.05, 4.69) is 100 Å². The zero-order chi connectivity index (χ0) is 25.7. The van der Waals surface area contributed by atoms with E-state index in [0.29, 0.717) is 6.61 Å². The van der Waals surface area contributed by atoms with Crippen LogP contribution in [0.25, 0.3) is 22.2 Å². The molecule has 1 fully saturated rings. The summed E-state index contributed by atoms with van der Waals surface area (Å²) >= 11 is 0. The predicted molar refractivity (Wildman–Crippen MR) is 154 cm³/mol. The van der Waals surface area contributed by atoms with Crippen LogP contribution >= 0.6 is 0 Å². The molecule has 4 aromatic carbocycles. The molecule has 0 N–H and O–H groups in total. The summed E-state index contributed by atoms with van der Waals surface area (Å²) in [6, 6.07) is 38.7. The number of hydrogen-bond acceptors (Lipinski definition) is 3. The molecule has 1 aliphatic heterocycles. The van der Waals surface area contributed by atoms with Crippen LogP contribution in [0.4, 0.5) is 0 Å². The van der Waals surface area contributed by atoms with Crippen LogP contribution in [-0.2, 0) is 24.4 Å². The van der Waals surface area contributed by atoms with Crippen LogP contribution in [0.1, 0.15) is 29.5 Å². The van der Waals surface area contributed by atoms with Crippen molar-refractivity contribution in [2.24, 2.45) is 0 Å². The Morgan fingerprint density at radius 2 is 1.45 bits per heavy atom. The number of para-hydroxylation sites is 1. The Bertz CT molecular complexity index is 1470. The van der Waals surface area contributed by atoms with E-state index in [9.17, 15) is 0 Å². The lowest BCUT2D eigenvalue weighted by Gasteiger charge is -2.23. The highest BCUT2D eigenvalue weighted by Gasteiger charge is 2.23.